The van der Waals surface area contributed by atoms with Gasteiger partial charge in [0.2, 0.25) is 5.91 Å². The van der Waals surface area contributed by atoms with E-state index in [1.807, 2.05) is 13.8 Å². The topological polar surface area (TPSA) is 66.9 Å². The maximum Gasteiger partial charge on any atom is 0.222 e. The predicted molar refractivity (Wildman–Crippen MR) is 61.6 cm³/mol. The first-order chi connectivity index (χ1) is 7.56. The molecule has 1 saturated heterocycles. The Hall–Kier alpha value is -1.36. The summed E-state index contributed by atoms with van der Waals surface area (Å²) in [6.45, 7) is 4.34. The van der Waals surface area contributed by atoms with Gasteiger partial charge in [0.25, 0.3) is 0 Å². The molecule has 1 aliphatic heterocycles. The maximum absolute atomic E-state index is 11.0. The smallest absolute Gasteiger partial charge is 0.222 e. The van der Waals surface area contributed by atoms with Gasteiger partial charge in [-0.25, -0.2) is 9.97 Å². The Labute approximate surface area is 98.6 Å². The van der Waals surface area contributed by atoms with Crippen molar-refractivity contribution >= 4 is 23.3 Å². The molecule has 2 heterocycles. The van der Waals surface area contributed by atoms with Crippen LogP contribution in [0.2, 0.25) is 5.15 Å². The van der Waals surface area contributed by atoms with Crippen LogP contribution in [0.3, 0.4) is 0 Å². The third kappa shape index (κ3) is 2.24. The number of nitrogens with one attached hydrogen (secondary N) is 2. The molecule has 86 valence electrons. The van der Waals surface area contributed by atoms with Gasteiger partial charge < -0.3 is 10.6 Å². The van der Waals surface area contributed by atoms with E-state index >= 15 is 0 Å². The van der Waals surface area contributed by atoms with E-state index in [2.05, 4.69) is 20.6 Å². The summed E-state index contributed by atoms with van der Waals surface area (Å²) in [6.07, 6.45) is 0.449. The highest BCUT2D eigenvalue weighted by atomic mass is 35.5. The fraction of sp³-hybridized carbons (Fsp3) is 0.500. The number of aryl methyl sites for hydroxylation is 2. The summed E-state index contributed by atoms with van der Waals surface area (Å²) < 4.78 is 0. The molecule has 0 aliphatic carbocycles. The van der Waals surface area contributed by atoms with Crippen LogP contribution in [0, 0.1) is 13.8 Å². The van der Waals surface area contributed by atoms with Crippen LogP contribution in [-0.2, 0) is 4.79 Å². The molecule has 6 heteroatoms. The Balaban J connectivity index is 2.15. The van der Waals surface area contributed by atoms with Crippen molar-refractivity contribution in [2.75, 3.05) is 11.9 Å². The molecule has 1 unspecified atom stereocenters. The molecule has 16 heavy (non-hydrogen) atoms. The number of hydrogen-bond acceptors (Lipinski definition) is 4. The predicted octanol–water partition coefficient (Wildman–Crippen LogP) is 1.05. The lowest BCUT2D eigenvalue weighted by Gasteiger charge is -2.13. The molecule has 0 saturated carbocycles. The third-order valence-electron chi connectivity index (χ3n) is 2.58. The van der Waals surface area contributed by atoms with E-state index in [1.165, 1.54) is 0 Å². The van der Waals surface area contributed by atoms with E-state index in [4.69, 9.17) is 11.6 Å². The van der Waals surface area contributed by atoms with Crippen molar-refractivity contribution < 1.29 is 4.79 Å². The van der Waals surface area contributed by atoms with E-state index in [1.54, 1.807) is 0 Å². The summed E-state index contributed by atoms with van der Waals surface area (Å²) in [5.74, 6) is 0.594. The maximum atomic E-state index is 11.0. The van der Waals surface area contributed by atoms with E-state index in [0.717, 1.165) is 11.4 Å². The van der Waals surface area contributed by atoms with Gasteiger partial charge in [-0.15, -0.1) is 0 Å². The molecule has 5 nitrogen and oxygen atoms in total. The standard InChI is InChI=1S/C10H13ClN4O/c1-5-6(2)14-10(9(11)13-5)15-7-3-8(16)12-4-7/h7H,3-4H2,1-2H3,(H,12,16)(H,14,15). The lowest BCUT2D eigenvalue weighted by molar-refractivity contribution is -0.119. The summed E-state index contributed by atoms with van der Waals surface area (Å²) in [7, 11) is 0. The van der Waals surface area contributed by atoms with Crippen molar-refractivity contribution in [2.45, 2.75) is 26.3 Å². The number of nitrogens with zero attached hydrogens (tertiary/aromatic N) is 2. The summed E-state index contributed by atoms with van der Waals surface area (Å²) in [5, 5.41) is 6.21. The Morgan fingerprint density at radius 1 is 1.38 bits per heavy atom. The van der Waals surface area contributed by atoms with Gasteiger partial charge in [0.1, 0.15) is 0 Å². The molecule has 1 aliphatic rings. The van der Waals surface area contributed by atoms with E-state index < -0.39 is 0 Å². The highest BCUT2D eigenvalue weighted by molar-refractivity contribution is 6.31. The normalized spacial score (nSPS) is 19.7. The highest BCUT2D eigenvalue weighted by Crippen LogP contribution is 2.20. The van der Waals surface area contributed by atoms with Crippen LogP contribution in [0.15, 0.2) is 0 Å². The number of amides is 1. The first-order valence-corrected chi connectivity index (χ1v) is 5.48. The molecule has 2 rings (SSSR count). The fourth-order valence-corrected chi connectivity index (χ4v) is 1.79. The molecule has 1 amide bonds. The second-order valence-corrected chi connectivity index (χ2v) is 4.24. The molecule has 1 atom stereocenters. The molecular formula is C10H13ClN4O. The zero-order chi connectivity index (χ0) is 11.7. The molecule has 0 bridgehead atoms. The second-order valence-electron chi connectivity index (χ2n) is 3.88. The number of aromatic nitrogens is 2. The number of halogens is 1. The molecule has 1 fully saturated rings. The van der Waals surface area contributed by atoms with Crippen molar-refractivity contribution in [3.05, 3.63) is 16.5 Å². The molecule has 1 aromatic heterocycles. The third-order valence-corrected chi connectivity index (χ3v) is 2.85. The summed E-state index contributed by atoms with van der Waals surface area (Å²) in [4.78, 5) is 19.5. The summed E-state index contributed by atoms with van der Waals surface area (Å²) >= 11 is 5.97. The highest BCUT2D eigenvalue weighted by Gasteiger charge is 2.22. The van der Waals surface area contributed by atoms with Crippen LogP contribution >= 0.6 is 11.6 Å². The van der Waals surface area contributed by atoms with Crippen molar-refractivity contribution in [2.24, 2.45) is 0 Å². The van der Waals surface area contributed by atoms with Crippen molar-refractivity contribution in [3.8, 4) is 0 Å². The van der Waals surface area contributed by atoms with E-state index in [9.17, 15) is 4.79 Å². The second kappa shape index (κ2) is 4.25. The lowest BCUT2D eigenvalue weighted by atomic mass is 10.2. The Bertz CT molecular complexity index is 435. The fourth-order valence-electron chi connectivity index (χ4n) is 1.57. The number of carbonyl (C=O) groups excluding carboxylic acids is 1. The van der Waals surface area contributed by atoms with Crippen LogP contribution in [0.1, 0.15) is 17.8 Å². The van der Waals surface area contributed by atoms with Crippen molar-refractivity contribution in [1.82, 2.24) is 15.3 Å². The van der Waals surface area contributed by atoms with Gasteiger partial charge in [0.05, 0.1) is 17.4 Å². The van der Waals surface area contributed by atoms with Gasteiger partial charge in [-0.2, -0.15) is 0 Å². The van der Waals surface area contributed by atoms with Gasteiger partial charge in [-0.05, 0) is 13.8 Å². The SMILES string of the molecule is Cc1nc(Cl)c(NC2CNC(=O)C2)nc1C. The van der Waals surface area contributed by atoms with Crippen LogP contribution in [-0.4, -0.2) is 28.5 Å². The monoisotopic (exact) mass is 240 g/mol. The molecule has 1 aromatic rings. The van der Waals surface area contributed by atoms with E-state index in [0.29, 0.717) is 23.9 Å². The minimum absolute atomic E-state index is 0.0430. The first-order valence-electron chi connectivity index (χ1n) is 5.10. The largest absolute Gasteiger partial charge is 0.362 e. The van der Waals surface area contributed by atoms with Gasteiger partial charge in [0.15, 0.2) is 11.0 Å². The van der Waals surface area contributed by atoms with Crippen molar-refractivity contribution in [1.29, 1.82) is 0 Å². The molecule has 2 N–H and O–H groups in total. The zero-order valence-electron chi connectivity index (χ0n) is 9.17. The Morgan fingerprint density at radius 2 is 2.06 bits per heavy atom. The van der Waals surface area contributed by atoms with Gasteiger partial charge >= 0.3 is 0 Å². The summed E-state index contributed by atoms with van der Waals surface area (Å²) in [6, 6.07) is 0.0430. The quantitative estimate of drug-likeness (QED) is 0.811. The average molecular weight is 241 g/mol. The molecule has 0 spiro atoms. The zero-order valence-corrected chi connectivity index (χ0v) is 9.93. The minimum Gasteiger partial charge on any atom is -0.362 e. The van der Waals surface area contributed by atoms with Crippen LogP contribution in [0.25, 0.3) is 0 Å². The minimum atomic E-state index is 0.0430. The molecule has 0 radical (unpaired) electrons. The van der Waals surface area contributed by atoms with Gasteiger partial charge in [-0.3, -0.25) is 4.79 Å². The number of hydrogen-bond donors (Lipinski definition) is 2. The summed E-state index contributed by atoms with van der Waals surface area (Å²) in [5.41, 5.74) is 1.65. The average Bonchev–Trinajstić information content (AvgIpc) is 2.60. The molecule has 0 aromatic carbocycles. The van der Waals surface area contributed by atoms with Crippen LogP contribution < -0.4 is 10.6 Å². The van der Waals surface area contributed by atoms with E-state index in [-0.39, 0.29) is 11.9 Å². The first kappa shape index (κ1) is 11.1. The number of anilines is 1. The lowest BCUT2D eigenvalue weighted by Crippen LogP contribution is -2.23. The van der Waals surface area contributed by atoms with Crippen LogP contribution in [0.5, 0.6) is 0 Å². The van der Waals surface area contributed by atoms with Crippen LogP contribution in [0.4, 0.5) is 5.82 Å². The number of carbonyl (C=O) groups is 1. The molecular weight excluding hydrogens is 228 g/mol. The van der Waals surface area contributed by atoms with Crippen molar-refractivity contribution in [3.63, 3.8) is 0 Å². The van der Waals surface area contributed by atoms with Gasteiger partial charge in [0, 0.05) is 13.0 Å². The Kier molecular flexibility index (Phi) is 2.96. The Morgan fingerprint density at radius 3 is 2.69 bits per heavy atom. The van der Waals surface area contributed by atoms with Gasteiger partial charge in [-0.1, -0.05) is 11.6 Å². The number of rotatable bonds is 2.